The van der Waals surface area contributed by atoms with Crippen LogP contribution in [-0.4, -0.2) is 36.7 Å². The number of carbonyl (C=O) groups excluding carboxylic acids is 2. The van der Waals surface area contributed by atoms with Crippen LogP contribution in [0.3, 0.4) is 0 Å². The van der Waals surface area contributed by atoms with Gasteiger partial charge >= 0.3 is 17.9 Å². The summed E-state index contributed by atoms with van der Waals surface area (Å²) in [6, 6.07) is 13.0. The molecule has 2 aromatic carbocycles. The Bertz CT molecular complexity index is 997. The second kappa shape index (κ2) is 8.82. The molecule has 0 spiro atoms. The average molecular weight is 461 g/mol. The van der Waals surface area contributed by atoms with Gasteiger partial charge in [0, 0.05) is 0 Å². The molecule has 176 valence electrons. The molecule has 1 aliphatic heterocycles. The number of benzene rings is 2. The first-order valence-corrected chi connectivity index (χ1v) is 11.0. The van der Waals surface area contributed by atoms with Crippen LogP contribution in [0.2, 0.25) is 0 Å². The zero-order valence-corrected chi connectivity index (χ0v) is 18.2. The van der Waals surface area contributed by atoms with Crippen molar-refractivity contribution < 1.29 is 32.2 Å². The number of rotatable bonds is 5. The molecule has 1 heterocycles. The van der Waals surface area contributed by atoms with E-state index in [-0.39, 0.29) is 11.3 Å². The van der Waals surface area contributed by atoms with Crippen molar-refractivity contribution in [2.45, 2.75) is 55.3 Å². The fourth-order valence-corrected chi connectivity index (χ4v) is 5.14. The van der Waals surface area contributed by atoms with Crippen LogP contribution in [0.15, 0.2) is 60.7 Å². The predicted molar refractivity (Wildman–Crippen MR) is 114 cm³/mol. The fourth-order valence-electron chi connectivity index (χ4n) is 5.14. The number of hydrogen-bond donors (Lipinski definition) is 1. The van der Waals surface area contributed by atoms with E-state index in [1.165, 1.54) is 36.4 Å². The molecule has 2 aliphatic rings. The Labute approximate surface area is 190 Å². The van der Waals surface area contributed by atoms with Crippen LogP contribution in [-0.2, 0) is 19.9 Å². The highest BCUT2D eigenvalue weighted by Gasteiger charge is 2.84. The van der Waals surface area contributed by atoms with Gasteiger partial charge in [0.2, 0.25) is 5.54 Å². The number of esters is 2. The molecule has 2 aromatic rings. The van der Waals surface area contributed by atoms with Crippen LogP contribution in [0.5, 0.6) is 5.75 Å². The van der Waals surface area contributed by atoms with Crippen LogP contribution in [0.4, 0.5) is 13.2 Å². The average Bonchev–Trinajstić information content (AvgIpc) is 3.04. The van der Waals surface area contributed by atoms with Gasteiger partial charge in [0.05, 0.1) is 13.2 Å². The molecule has 0 aromatic heterocycles. The van der Waals surface area contributed by atoms with E-state index in [0.717, 1.165) is 26.4 Å². The zero-order valence-electron chi connectivity index (χ0n) is 18.2. The first-order valence-electron chi connectivity index (χ1n) is 11.0. The minimum atomic E-state index is -4.51. The van der Waals surface area contributed by atoms with Crippen molar-refractivity contribution in [1.29, 1.82) is 0 Å². The van der Waals surface area contributed by atoms with Crippen molar-refractivity contribution >= 4 is 11.9 Å². The van der Waals surface area contributed by atoms with E-state index in [1.54, 1.807) is 24.3 Å². The number of methoxy groups -OCH3 is 1. The molecule has 0 bridgehead atoms. The molecule has 33 heavy (non-hydrogen) atoms. The monoisotopic (exact) mass is 461 g/mol. The lowest BCUT2D eigenvalue weighted by molar-refractivity contribution is -0.198. The molecular formula is C25H26F3NO4. The van der Waals surface area contributed by atoms with Gasteiger partial charge in [0.25, 0.3) is 5.67 Å². The Morgan fingerprint density at radius 2 is 1.45 bits per heavy atom. The standard InChI is InChI=1S/C25H26F3NO4/c1-32-22(31)24(18-13-7-3-8-14-18)25(27,28)23(26,20(29-24)17-11-5-2-6-12-17)21(30)33-19-15-9-4-10-16-19/h3-4,7-10,13-17,20,29H,2,5-6,11-12H2,1H3/t20-,23+,24+/m1/s1. The minimum Gasteiger partial charge on any atom is -0.467 e. The van der Waals surface area contributed by atoms with Gasteiger partial charge < -0.3 is 9.47 Å². The van der Waals surface area contributed by atoms with Crippen molar-refractivity contribution in [2.75, 3.05) is 7.11 Å². The van der Waals surface area contributed by atoms with Crippen LogP contribution in [0.1, 0.15) is 37.7 Å². The number of ether oxygens (including phenoxy) is 2. The highest BCUT2D eigenvalue weighted by Crippen LogP contribution is 2.57. The molecule has 1 aliphatic carbocycles. The summed E-state index contributed by atoms with van der Waals surface area (Å²) in [7, 11) is 0.959. The van der Waals surface area contributed by atoms with E-state index >= 15 is 13.2 Å². The first kappa shape index (κ1) is 23.3. The molecule has 4 rings (SSSR count). The predicted octanol–water partition coefficient (Wildman–Crippen LogP) is 4.56. The SMILES string of the molecule is COC(=O)[C@]1(c2ccccc2)N[C@H](C2CCCCC2)[C@](F)(C(=O)Oc2ccccc2)C1(F)F. The van der Waals surface area contributed by atoms with E-state index in [9.17, 15) is 9.59 Å². The lowest BCUT2D eigenvalue weighted by Crippen LogP contribution is -2.63. The third-order valence-electron chi connectivity index (χ3n) is 6.80. The molecular weight excluding hydrogens is 435 g/mol. The minimum absolute atomic E-state index is 0.0620. The van der Waals surface area contributed by atoms with Gasteiger partial charge in [-0.3, -0.25) is 5.32 Å². The molecule has 2 fully saturated rings. The normalized spacial score (nSPS) is 29.4. The summed E-state index contributed by atoms with van der Waals surface area (Å²) >= 11 is 0. The number of halogens is 3. The van der Waals surface area contributed by atoms with Gasteiger partial charge in [-0.25, -0.2) is 14.0 Å². The summed E-state index contributed by atoms with van der Waals surface area (Å²) in [6.45, 7) is 0. The van der Waals surface area contributed by atoms with Crippen molar-refractivity contribution in [3.8, 4) is 5.75 Å². The third-order valence-corrected chi connectivity index (χ3v) is 6.80. The van der Waals surface area contributed by atoms with Gasteiger partial charge in [0.15, 0.2) is 0 Å². The quantitative estimate of drug-likeness (QED) is 0.523. The van der Waals surface area contributed by atoms with E-state index in [2.05, 4.69) is 5.32 Å². The smallest absolute Gasteiger partial charge is 0.357 e. The molecule has 0 amide bonds. The Hall–Kier alpha value is -2.87. The molecule has 1 saturated heterocycles. The second-order valence-corrected chi connectivity index (χ2v) is 8.62. The van der Waals surface area contributed by atoms with Crippen LogP contribution >= 0.6 is 0 Å². The van der Waals surface area contributed by atoms with Gasteiger partial charge in [-0.2, -0.15) is 8.78 Å². The Kier molecular flexibility index (Phi) is 6.22. The fraction of sp³-hybridized carbons (Fsp3) is 0.440. The van der Waals surface area contributed by atoms with E-state index in [4.69, 9.17) is 9.47 Å². The largest absolute Gasteiger partial charge is 0.467 e. The maximum absolute atomic E-state index is 16.8. The van der Waals surface area contributed by atoms with E-state index in [1.807, 2.05) is 0 Å². The van der Waals surface area contributed by atoms with Crippen LogP contribution < -0.4 is 10.1 Å². The number of para-hydroxylation sites is 1. The second-order valence-electron chi connectivity index (χ2n) is 8.62. The van der Waals surface area contributed by atoms with Crippen molar-refractivity contribution in [3.05, 3.63) is 66.2 Å². The maximum atomic E-state index is 16.8. The van der Waals surface area contributed by atoms with E-state index < -0.39 is 41.0 Å². The van der Waals surface area contributed by atoms with E-state index in [0.29, 0.717) is 12.8 Å². The lowest BCUT2D eigenvalue weighted by Gasteiger charge is -2.36. The number of alkyl halides is 3. The van der Waals surface area contributed by atoms with Gasteiger partial charge in [-0.1, -0.05) is 67.8 Å². The first-order chi connectivity index (χ1) is 15.8. The van der Waals surface area contributed by atoms with Crippen molar-refractivity contribution in [1.82, 2.24) is 5.32 Å². The molecule has 1 N–H and O–H groups in total. The molecule has 0 radical (unpaired) electrons. The van der Waals surface area contributed by atoms with Gasteiger partial charge in [0.1, 0.15) is 5.75 Å². The number of carbonyl (C=O) groups is 2. The molecule has 8 heteroatoms. The summed E-state index contributed by atoms with van der Waals surface area (Å²) in [6.07, 6.45) is 3.23. The number of hydrogen-bond acceptors (Lipinski definition) is 5. The van der Waals surface area contributed by atoms with Crippen molar-refractivity contribution in [3.63, 3.8) is 0 Å². The maximum Gasteiger partial charge on any atom is 0.357 e. The van der Waals surface area contributed by atoms with Crippen molar-refractivity contribution in [2.24, 2.45) is 5.92 Å². The van der Waals surface area contributed by atoms with Gasteiger partial charge in [-0.15, -0.1) is 0 Å². The van der Waals surface area contributed by atoms with Crippen LogP contribution in [0.25, 0.3) is 0 Å². The summed E-state index contributed by atoms with van der Waals surface area (Å²) in [5.74, 6) is -8.26. The molecule has 0 unspecified atom stereocenters. The highest BCUT2D eigenvalue weighted by molar-refractivity contribution is 5.92. The Morgan fingerprint density at radius 3 is 2.03 bits per heavy atom. The Balaban J connectivity index is 1.87. The molecule has 5 nitrogen and oxygen atoms in total. The summed E-state index contributed by atoms with van der Waals surface area (Å²) in [5.41, 5.74) is -6.89. The molecule has 1 saturated carbocycles. The Morgan fingerprint density at radius 1 is 0.879 bits per heavy atom. The van der Waals surface area contributed by atoms with Gasteiger partial charge in [-0.05, 0) is 36.5 Å². The third kappa shape index (κ3) is 3.51. The summed E-state index contributed by atoms with van der Waals surface area (Å²) < 4.78 is 59.4. The summed E-state index contributed by atoms with van der Waals surface area (Å²) in [5, 5.41) is 2.59. The number of nitrogens with one attached hydrogen (secondary N) is 1. The zero-order chi connectivity index (χ0) is 23.7. The molecule has 3 atom stereocenters. The lowest BCUT2D eigenvalue weighted by atomic mass is 9.74. The highest BCUT2D eigenvalue weighted by atomic mass is 19.3. The summed E-state index contributed by atoms with van der Waals surface area (Å²) in [4.78, 5) is 26.1. The topological polar surface area (TPSA) is 64.6 Å². The van der Waals surface area contributed by atoms with Crippen LogP contribution in [0, 0.1) is 5.92 Å².